The minimum Gasteiger partial charge on any atom is -0.346 e. The van der Waals surface area contributed by atoms with Gasteiger partial charge in [0.15, 0.2) is 5.79 Å². The van der Waals surface area contributed by atoms with Gasteiger partial charge in [-0.15, -0.1) is 0 Å². The molecular weight excluding hydrogens is 234 g/mol. The molecule has 1 aromatic rings. The van der Waals surface area contributed by atoms with Gasteiger partial charge >= 0.3 is 0 Å². The molecule has 17 heavy (non-hydrogen) atoms. The van der Waals surface area contributed by atoms with E-state index in [0.29, 0.717) is 0 Å². The first-order valence-corrected chi connectivity index (χ1v) is 7.32. The third-order valence-electron chi connectivity index (χ3n) is 3.61. The molecule has 0 N–H and O–H groups in total. The van der Waals surface area contributed by atoms with Crippen molar-refractivity contribution >= 4 is 11.3 Å². The average Bonchev–Trinajstić information content (AvgIpc) is 2.99. The molecule has 0 radical (unpaired) electrons. The number of hydrogen-bond acceptors (Lipinski definition) is 4. The molecule has 2 saturated heterocycles. The van der Waals surface area contributed by atoms with E-state index in [1.807, 2.05) is 0 Å². The number of rotatable bonds is 3. The molecule has 3 nitrogen and oxygen atoms in total. The van der Waals surface area contributed by atoms with Gasteiger partial charge in [-0.2, -0.15) is 11.3 Å². The Morgan fingerprint density at radius 2 is 2.24 bits per heavy atom. The second-order valence-electron chi connectivity index (χ2n) is 4.87. The van der Waals surface area contributed by atoms with Gasteiger partial charge in [-0.25, -0.2) is 0 Å². The molecule has 4 heteroatoms. The Balaban J connectivity index is 1.53. The number of thiophene rings is 1. The van der Waals surface area contributed by atoms with Crippen LogP contribution in [-0.4, -0.2) is 43.5 Å². The Kier molecular flexibility index (Phi) is 3.47. The molecule has 2 fully saturated rings. The molecule has 3 heterocycles. The van der Waals surface area contributed by atoms with Crippen LogP contribution < -0.4 is 0 Å². The van der Waals surface area contributed by atoms with E-state index in [1.165, 1.54) is 18.5 Å². The van der Waals surface area contributed by atoms with Crippen LogP contribution in [0.2, 0.25) is 0 Å². The summed E-state index contributed by atoms with van der Waals surface area (Å²) in [6, 6.07) is 2.22. The van der Waals surface area contributed by atoms with Crippen molar-refractivity contribution < 1.29 is 9.47 Å². The topological polar surface area (TPSA) is 21.7 Å². The molecule has 3 rings (SSSR count). The zero-order chi connectivity index (χ0) is 11.6. The molecule has 2 aliphatic heterocycles. The van der Waals surface area contributed by atoms with Crippen LogP contribution in [-0.2, 0) is 15.9 Å². The summed E-state index contributed by atoms with van der Waals surface area (Å²) in [6.45, 7) is 4.76. The molecule has 94 valence electrons. The predicted molar refractivity (Wildman–Crippen MR) is 68.3 cm³/mol. The summed E-state index contributed by atoms with van der Waals surface area (Å²) in [6.07, 6.45) is 3.38. The Bertz CT molecular complexity index is 346. The largest absolute Gasteiger partial charge is 0.346 e. The van der Waals surface area contributed by atoms with Crippen molar-refractivity contribution in [3.05, 3.63) is 22.4 Å². The fraction of sp³-hybridized carbons (Fsp3) is 0.692. The molecule has 0 aromatic carbocycles. The SMILES string of the molecule is c1cc(CCN2CCCC3(C2)OCCO3)cs1. The summed E-state index contributed by atoms with van der Waals surface area (Å²) in [4.78, 5) is 2.48. The van der Waals surface area contributed by atoms with Crippen LogP contribution >= 0.6 is 11.3 Å². The van der Waals surface area contributed by atoms with Crippen LogP contribution in [0.25, 0.3) is 0 Å². The highest BCUT2D eigenvalue weighted by molar-refractivity contribution is 7.07. The number of piperidine rings is 1. The number of ether oxygens (including phenoxy) is 2. The molecule has 1 aromatic heterocycles. The molecule has 0 amide bonds. The number of nitrogens with zero attached hydrogens (tertiary/aromatic N) is 1. The van der Waals surface area contributed by atoms with Gasteiger partial charge in [0.05, 0.1) is 19.8 Å². The normalized spacial score (nSPS) is 24.5. The van der Waals surface area contributed by atoms with Crippen LogP contribution in [0.4, 0.5) is 0 Å². The van der Waals surface area contributed by atoms with Gasteiger partial charge in [0.25, 0.3) is 0 Å². The zero-order valence-corrected chi connectivity index (χ0v) is 10.9. The fourth-order valence-corrected chi connectivity index (χ4v) is 3.42. The summed E-state index contributed by atoms with van der Waals surface area (Å²) in [5, 5.41) is 4.39. The van der Waals surface area contributed by atoms with Crippen molar-refractivity contribution in [3.8, 4) is 0 Å². The van der Waals surface area contributed by atoms with Crippen LogP contribution in [0.1, 0.15) is 18.4 Å². The van der Waals surface area contributed by atoms with E-state index in [1.54, 1.807) is 11.3 Å². The Hall–Kier alpha value is -0.420. The van der Waals surface area contributed by atoms with E-state index in [9.17, 15) is 0 Å². The summed E-state index contributed by atoms with van der Waals surface area (Å²) in [7, 11) is 0. The van der Waals surface area contributed by atoms with Crippen molar-refractivity contribution in [2.24, 2.45) is 0 Å². The predicted octanol–water partition coefficient (Wildman–Crippen LogP) is 2.13. The Morgan fingerprint density at radius 3 is 3.00 bits per heavy atom. The minimum atomic E-state index is -0.271. The monoisotopic (exact) mass is 253 g/mol. The van der Waals surface area contributed by atoms with Crippen molar-refractivity contribution in [2.45, 2.75) is 25.0 Å². The van der Waals surface area contributed by atoms with Crippen molar-refractivity contribution in [2.75, 3.05) is 32.8 Å². The lowest BCUT2D eigenvalue weighted by atomic mass is 10.0. The maximum Gasteiger partial charge on any atom is 0.181 e. The van der Waals surface area contributed by atoms with Crippen LogP contribution in [0.5, 0.6) is 0 Å². The van der Waals surface area contributed by atoms with Gasteiger partial charge in [-0.3, -0.25) is 4.90 Å². The zero-order valence-electron chi connectivity index (χ0n) is 10.1. The van der Waals surface area contributed by atoms with E-state index in [-0.39, 0.29) is 5.79 Å². The second-order valence-corrected chi connectivity index (χ2v) is 5.65. The summed E-state index contributed by atoms with van der Waals surface area (Å²) < 4.78 is 11.6. The van der Waals surface area contributed by atoms with Crippen molar-refractivity contribution in [1.82, 2.24) is 4.90 Å². The van der Waals surface area contributed by atoms with Crippen molar-refractivity contribution in [3.63, 3.8) is 0 Å². The second kappa shape index (κ2) is 5.06. The lowest BCUT2D eigenvalue weighted by molar-refractivity contribution is -0.189. The van der Waals surface area contributed by atoms with Crippen molar-refractivity contribution in [1.29, 1.82) is 0 Å². The lowest BCUT2D eigenvalue weighted by Gasteiger charge is -2.38. The first kappa shape index (κ1) is 11.7. The molecule has 0 bridgehead atoms. The van der Waals surface area contributed by atoms with E-state index in [0.717, 1.165) is 39.1 Å². The van der Waals surface area contributed by atoms with Crippen LogP contribution in [0.3, 0.4) is 0 Å². The summed E-state index contributed by atoms with van der Waals surface area (Å²) in [5.41, 5.74) is 1.45. The smallest absolute Gasteiger partial charge is 0.181 e. The number of hydrogen-bond donors (Lipinski definition) is 0. The lowest BCUT2D eigenvalue weighted by Crippen LogP contribution is -2.49. The van der Waals surface area contributed by atoms with E-state index < -0.39 is 0 Å². The quantitative estimate of drug-likeness (QED) is 0.823. The minimum absolute atomic E-state index is 0.271. The maximum atomic E-state index is 5.79. The molecule has 0 saturated carbocycles. The van der Waals surface area contributed by atoms with E-state index in [2.05, 4.69) is 21.7 Å². The van der Waals surface area contributed by atoms with Gasteiger partial charge in [0.1, 0.15) is 0 Å². The number of likely N-dealkylation sites (tertiary alicyclic amines) is 1. The standard InChI is InChI=1S/C13H19NO2S/c1-4-13(15-7-8-16-13)11-14(5-1)6-2-12-3-9-17-10-12/h3,9-10H,1-2,4-8,11H2. The molecule has 1 spiro atoms. The molecule has 0 atom stereocenters. The highest BCUT2D eigenvalue weighted by atomic mass is 32.1. The fourth-order valence-electron chi connectivity index (χ4n) is 2.72. The average molecular weight is 253 g/mol. The Labute approximate surface area is 106 Å². The van der Waals surface area contributed by atoms with Gasteiger partial charge in [0, 0.05) is 13.0 Å². The van der Waals surface area contributed by atoms with Gasteiger partial charge in [0.2, 0.25) is 0 Å². The highest BCUT2D eigenvalue weighted by Gasteiger charge is 2.40. The van der Waals surface area contributed by atoms with E-state index >= 15 is 0 Å². The van der Waals surface area contributed by atoms with Crippen LogP contribution in [0, 0.1) is 0 Å². The summed E-state index contributed by atoms with van der Waals surface area (Å²) in [5.74, 6) is -0.271. The first-order valence-electron chi connectivity index (χ1n) is 6.38. The van der Waals surface area contributed by atoms with E-state index in [4.69, 9.17) is 9.47 Å². The Morgan fingerprint density at radius 1 is 1.35 bits per heavy atom. The van der Waals surface area contributed by atoms with Gasteiger partial charge < -0.3 is 9.47 Å². The van der Waals surface area contributed by atoms with Gasteiger partial charge in [-0.05, 0) is 41.8 Å². The molecule has 0 aliphatic carbocycles. The maximum absolute atomic E-state index is 5.79. The molecule has 2 aliphatic rings. The third-order valence-corrected chi connectivity index (χ3v) is 4.34. The molecule has 0 unspecified atom stereocenters. The van der Waals surface area contributed by atoms with Gasteiger partial charge in [-0.1, -0.05) is 0 Å². The first-order chi connectivity index (χ1) is 8.36. The highest BCUT2D eigenvalue weighted by Crippen LogP contribution is 2.30. The third kappa shape index (κ3) is 2.71. The molecular formula is C13H19NO2S. The van der Waals surface area contributed by atoms with Crippen LogP contribution in [0.15, 0.2) is 16.8 Å². The summed E-state index contributed by atoms with van der Waals surface area (Å²) >= 11 is 1.78.